The topological polar surface area (TPSA) is 105 Å². The van der Waals surface area contributed by atoms with E-state index in [1.54, 1.807) is 38.3 Å². The van der Waals surface area contributed by atoms with Crippen molar-refractivity contribution in [1.29, 1.82) is 0 Å². The van der Waals surface area contributed by atoms with Crippen LogP contribution in [0.25, 0.3) is 0 Å². The standard InChI is InChI=1S/C22H23N3O5/c1-3-19(26)23-15-6-4-7-16(13-15)24-20(27)14-8-9-17-18(12-14)22(29)25(21(17)28)10-5-11-30-2/h4,6-9,12-13H,3,5,10-11H2,1-2H3,(H,23,26)(H,24,27). The van der Waals surface area contributed by atoms with Crippen LogP contribution < -0.4 is 10.6 Å². The summed E-state index contributed by atoms with van der Waals surface area (Å²) in [6.07, 6.45) is 0.890. The van der Waals surface area contributed by atoms with Crippen LogP contribution in [0.4, 0.5) is 11.4 Å². The third kappa shape index (κ3) is 4.55. The highest BCUT2D eigenvalue weighted by molar-refractivity contribution is 6.22. The molecule has 0 radical (unpaired) electrons. The summed E-state index contributed by atoms with van der Waals surface area (Å²) in [6.45, 7) is 2.45. The largest absolute Gasteiger partial charge is 0.385 e. The summed E-state index contributed by atoms with van der Waals surface area (Å²) in [6, 6.07) is 11.2. The molecule has 4 amide bonds. The Hall–Kier alpha value is -3.52. The molecule has 8 nitrogen and oxygen atoms in total. The van der Waals surface area contributed by atoms with E-state index in [1.165, 1.54) is 23.1 Å². The zero-order chi connectivity index (χ0) is 21.7. The molecule has 156 valence electrons. The highest BCUT2D eigenvalue weighted by Gasteiger charge is 2.35. The lowest BCUT2D eigenvalue weighted by atomic mass is 10.1. The number of imide groups is 1. The SMILES string of the molecule is CCC(=O)Nc1cccc(NC(=O)c2ccc3c(c2)C(=O)N(CCCOC)C3=O)c1. The molecule has 2 N–H and O–H groups in total. The van der Waals surface area contributed by atoms with Gasteiger partial charge in [-0.1, -0.05) is 13.0 Å². The molecule has 8 heteroatoms. The molecule has 1 aliphatic heterocycles. The minimum absolute atomic E-state index is 0.129. The summed E-state index contributed by atoms with van der Waals surface area (Å²) >= 11 is 0. The number of nitrogens with one attached hydrogen (secondary N) is 2. The molecular formula is C22H23N3O5. The van der Waals surface area contributed by atoms with Crippen molar-refractivity contribution in [2.24, 2.45) is 0 Å². The first-order chi connectivity index (χ1) is 14.4. The summed E-state index contributed by atoms with van der Waals surface area (Å²) in [4.78, 5) is 50.4. The van der Waals surface area contributed by atoms with Gasteiger partial charge in [0.15, 0.2) is 0 Å². The van der Waals surface area contributed by atoms with E-state index in [-0.39, 0.29) is 29.5 Å². The first-order valence-electron chi connectivity index (χ1n) is 9.65. The van der Waals surface area contributed by atoms with Gasteiger partial charge in [0, 0.05) is 43.6 Å². The Morgan fingerprint density at radius 3 is 2.37 bits per heavy atom. The molecule has 1 aliphatic rings. The van der Waals surface area contributed by atoms with E-state index in [9.17, 15) is 19.2 Å². The maximum absolute atomic E-state index is 12.7. The minimum atomic E-state index is -0.421. The lowest BCUT2D eigenvalue weighted by Gasteiger charge is -2.12. The van der Waals surface area contributed by atoms with Gasteiger partial charge in [0.05, 0.1) is 11.1 Å². The molecule has 0 fully saturated rings. The minimum Gasteiger partial charge on any atom is -0.385 e. The molecule has 30 heavy (non-hydrogen) atoms. The van der Waals surface area contributed by atoms with Gasteiger partial charge in [-0.05, 0) is 42.8 Å². The first kappa shape index (κ1) is 21.2. The lowest BCUT2D eigenvalue weighted by Crippen LogP contribution is -2.31. The highest BCUT2D eigenvalue weighted by atomic mass is 16.5. The number of ether oxygens (including phenoxy) is 1. The van der Waals surface area contributed by atoms with E-state index < -0.39 is 11.8 Å². The number of methoxy groups -OCH3 is 1. The molecule has 3 rings (SSSR count). The van der Waals surface area contributed by atoms with E-state index in [0.29, 0.717) is 36.4 Å². The number of nitrogens with zero attached hydrogens (tertiary/aromatic N) is 1. The van der Waals surface area contributed by atoms with Crippen molar-refractivity contribution < 1.29 is 23.9 Å². The van der Waals surface area contributed by atoms with E-state index in [1.807, 2.05) is 0 Å². The van der Waals surface area contributed by atoms with Gasteiger partial charge in [0.25, 0.3) is 17.7 Å². The third-order valence-electron chi connectivity index (χ3n) is 4.69. The Morgan fingerprint density at radius 1 is 0.967 bits per heavy atom. The molecule has 0 spiro atoms. The number of hydrogen-bond donors (Lipinski definition) is 2. The van der Waals surface area contributed by atoms with Crippen LogP contribution in [0.3, 0.4) is 0 Å². The van der Waals surface area contributed by atoms with Gasteiger partial charge in [-0.3, -0.25) is 24.1 Å². The molecule has 0 aliphatic carbocycles. The predicted octanol–water partition coefficient (Wildman–Crippen LogP) is 2.92. The smallest absolute Gasteiger partial charge is 0.261 e. The predicted molar refractivity (Wildman–Crippen MR) is 112 cm³/mol. The Labute approximate surface area is 174 Å². The highest BCUT2D eigenvalue weighted by Crippen LogP contribution is 2.25. The van der Waals surface area contributed by atoms with Gasteiger partial charge in [-0.2, -0.15) is 0 Å². The fraction of sp³-hybridized carbons (Fsp3) is 0.273. The molecule has 0 saturated carbocycles. The van der Waals surface area contributed by atoms with Gasteiger partial charge >= 0.3 is 0 Å². The maximum Gasteiger partial charge on any atom is 0.261 e. The number of anilines is 2. The molecule has 0 unspecified atom stereocenters. The Morgan fingerprint density at radius 2 is 1.67 bits per heavy atom. The van der Waals surface area contributed by atoms with E-state index in [4.69, 9.17) is 4.74 Å². The zero-order valence-electron chi connectivity index (χ0n) is 16.9. The number of carbonyl (C=O) groups excluding carboxylic acids is 4. The zero-order valence-corrected chi connectivity index (χ0v) is 16.9. The Bertz CT molecular complexity index is 1000. The van der Waals surface area contributed by atoms with Crippen LogP contribution in [0.2, 0.25) is 0 Å². The average Bonchev–Trinajstić information content (AvgIpc) is 2.98. The fourth-order valence-electron chi connectivity index (χ4n) is 3.13. The summed E-state index contributed by atoms with van der Waals surface area (Å²) < 4.78 is 4.97. The average molecular weight is 409 g/mol. The van der Waals surface area contributed by atoms with Gasteiger partial charge in [0.1, 0.15) is 0 Å². The second-order valence-corrected chi connectivity index (χ2v) is 6.81. The van der Waals surface area contributed by atoms with Crippen LogP contribution in [-0.4, -0.2) is 48.8 Å². The quantitative estimate of drug-likeness (QED) is 0.515. The van der Waals surface area contributed by atoms with Crippen LogP contribution in [0, 0.1) is 0 Å². The molecule has 0 atom stereocenters. The molecule has 2 aromatic carbocycles. The normalized spacial score (nSPS) is 12.7. The second kappa shape index (κ2) is 9.32. The number of benzene rings is 2. The van der Waals surface area contributed by atoms with E-state index in [2.05, 4.69) is 10.6 Å². The van der Waals surface area contributed by atoms with E-state index >= 15 is 0 Å². The van der Waals surface area contributed by atoms with E-state index in [0.717, 1.165) is 0 Å². The fourth-order valence-corrected chi connectivity index (χ4v) is 3.13. The molecule has 0 bridgehead atoms. The summed E-state index contributed by atoms with van der Waals surface area (Å²) in [7, 11) is 1.56. The van der Waals surface area contributed by atoms with Gasteiger partial charge in [0.2, 0.25) is 5.91 Å². The molecule has 0 saturated heterocycles. The van der Waals surface area contributed by atoms with Crippen molar-refractivity contribution in [1.82, 2.24) is 4.90 Å². The number of fused-ring (bicyclic) bond motifs is 1. The molecule has 2 aromatic rings. The van der Waals surface area contributed by atoms with Crippen LogP contribution >= 0.6 is 0 Å². The monoisotopic (exact) mass is 409 g/mol. The van der Waals surface area contributed by atoms with Gasteiger partial charge in [-0.25, -0.2) is 0 Å². The summed E-state index contributed by atoms with van der Waals surface area (Å²) in [5, 5.41) is 5.47. The maximum atomic E-state index is 12.7. The second-order valence-electron chi connectivity index (χ2n) is 6.81. The lowest BCUT2D eigenvalue weighted by molar-refractivity contribution is -0.115. The van der Waals surface area contributed by atoms with Crippen molar-refractivity contribution in [3.05, 3.63) is 59.2 Å². The van der Waals surface area contributed by atoms with Crippen molar-refractivity contribution in [3.8, 4) is 0 Å². The number of carbonyl (C=O) groups is 4. The first-order valence-corrected chi connectivity index (χ1v) is 9.65. The van der Waals surface area contributed by atoms with Crippen molar-refractivity contribution >= 4 is 35.0 Å². The van der Waals surface area contributed by atoms with Crippen LogP contribution in [0.1, 0.15) is 50.8 Å². The van der Waals surface area contributed by atoms with Crippen LogP contribution in [0.15, 0.2) is 42.5 Å². The molecule has 1 heterocycles. The molecule has 0 aromatic heterocycles. The Balaban J connectivity index is 1.74. The van der Waals surface area contributed by atoms with Crippen molar-refractivity contribution in [3.63, 3.8) is 0 Å². The van der Waals surface area contributed by atoms with Gasteiger partial charge in [-0.15, -0.1) is 0 Å². The summed E-state index contributed by atoms with van der Waals surface area (Å²) in [5.74, 6) is -1.33. The third-order valence-corrected chi connectivity index (χ3v) is 4.69. The summed E-state index contributed by atoms with van der Waals surface area (Å²) in [5.41, 5.74) is 1.84. The molecular weight excluding hydrogens is 386 g/mol. The number of amides is 4. The number of hydrogen-bond acceptors (Lipinski definition) is 5. The van der Waals surface area contributed by atoms with Crippen LogP contribution in [-0.2, 0) is 9.53 Å². The van der Waals surface area contributed by atoms with Crippen LogP contribution in [0.5, 0.6) is 0 Å². The number of rotatable bonds is 8. The van der Waals surface area contributed by atoms with Gasteiger partial charge < -0.3 is 15.4 Å². The van der Waals surface area contributed by atoms with Crippen molar-refractivity contribution in [2.75, 3.05) is 30.9 Å². The van der Waals surface area contributed by atoms with Crippen molar-refractivity contribution in [2.45, 2.75) is 19.8 Å². The Kier molecular flexibility index (Phi) is 6.58.